The van der Waals surface area contributed by atoms with E-state index in [1.165, 1.54) is 0 Å². The van der Waals surface area contributed by atoms with Gasteiger partial charge < -0.3 is 10.4 Å². The number of hydrogen-bond acceptors (Lipinski definition) is 3. The maximum atomic E-state index is 10.2. The van der Waals surface area contributed by atoms with Gasteiger partial charge in [-0.05, 0) is 19.9 Å². The molecule has 0 aliphatic carbocycles. The Morgan fingerprint density at radius 2 is 2.62 bits per heavy atom. The van der Waals surface area contributed by atoms with Crippen molar-refractivity contribution in [2.75, 3.05) is 13.1 Å². The Labute approximate surface area is 77.6 Å². The van der Waals surface area contributed by atoms with Crippen molar-refractivity contribution >= 4 is 0 Å². The zero-order valence-electron chi connectivity index (χ0n) is 7.82. The van der Waals surface area contributed by atoms with E-state index in [1.807, 2.05) is 17.8 Å². The first-order valence-corrected chi connectivity index (χ1v) is 4.70. The maximum Gasteiger partial charge on any atom is 0.106 e. The van der Waals surface area contributed by atoms with Gasteiger partial charge in [0.2, 0.25) is 0 Å². The Morgan fingerprint density at radius 3 is 3.15 bits per heavy atom. The SMILES string of the molecule is CCn1cc(C2(O)CCNC2)cn1. The number of aliphatic hydroxyl groups is 1. The largest absolute Gasteiger partial charge is 0.384 e. The molecule has 0 saturated carbocycles. The third kappa shape index (κ3) is 1.47. The molecule has 2 rings (SSSR count). The van der Waals surface area contributed by atoms with Gasteiger partial charge in [0.05, 0.1) is 6.20 Å². The Balaban J connectivity index is 2.23. The Kier molecular flexibility index (Phi) is 2.09. The lowest BCUT2D eigenvalue weighted by molar-refractivity contribution is 0.0586. The summed E-state index contributed by atoms with van der Waals surface area (Å²) in [6.45, 7) is 4.41. The summed E-state index contributed by atoms with van der Waals surface area (Å²) in [5.41, 5.74) is 0.243. The minimum absolute atomic E-state index is 0.641. The highest BCUT2D eigenvalue weighted by molar-refractivity contribution is 5.17. The van der Waals surface area contributed by atoms with Crippen LogP contribution in [0.1, 0.15) is 18.9 Å². The van der Waals surface area contributed by atoms with Crippen LogP contribution in [0.2, 0.25) is 0 Å². The molecule has 1 fully saturated rings. The predicted molar refractivity (Wildman–Crippen MR) is 49.3 cm³/mol. The molecule has 1 aromatic heterocycles. The molecule has 1 aliphatic rings. The number of nitrogens with one attached hydrogen (secondary N) is 1. The third-order valence-electron chi connectivity index (χ3n) is 2.63. The lowest BCUT2D eigenvalue weighted by Gasteiger charge is -2.18. The summed E-state index contributed by atoms with van der Waals surface area (Å²) in [4.78, 5) is 0. The van der Waals surface area contributed by atoms with E-state index in [2.05, 4.69) is 10.4 Å². The van der Waals surface area contributed by atoms with Crippen molar-refractivity contribution in [2.24, 2.45) is 0 Å². The van der Waals surface area contributed by atoms with Crippen LogP contribution in [-0.4, -0.2) is 28.0 Å². The molecule has 1 saturated heterocycles. The minimum atomic E-state index is -0.687. The fraction of sp³-hybridized carbons (Fsp3) is 0.667. The number of nitrogens with zero attached hydrogens (tertiary/aromatic N) is 2. The van der Waals surface area contributed by atoms with Gasteiger partial charge >= 0.3 is 0 Å². The molecule has 1 aromatic rings. The Bertz CT molecular complexity index is 289. The molecule has 13 heavy (non-hydrogen) atoms. The number of hydrogen-bond donors (Lipinski definition) is 2. The van der Waals surface area contributed by atoms with Gasteiger partial charge in [-0.3, -0.25) is 4.68 Å². The van der Waals surface area contributed by atoms with Crippen molar-refractivity contribution in [1.82, 2.24) is 15.1 Å². The van der Waals surface area contributed by atoms with E-state index >= 15 is 0 Å². The molecule has 0 radical (unpaired) electrons. The van der Waals surface area contributed by atoms with Gasteiger partial charge in [-0.1, -0.05) is 0 Å². The van der Waals surface area contributed by atoms with Gasteiger partial charge in [0.15, 0.2) is 0 Å². The zero-order chi connectivity index (χ0) is 9.31. The summed E-state index contributed by atoms with van der Waals surface area (Å²) in [5, 5.41) is 17.5. The van der Waals surface area contributed by atoms with Crippen molar-refractivity contribution in [3.63, 3.8) is 0 Å². The van der Waals surface area contributed by atoms with E-state index < -0.39 is 5.60 Å². The molecule has 0 amide bonds. The van der Waals surface area contributed by atoms with Crippen LogP contribution in [0.25, 0.3) is 0 Å². The second-order valence-electron chi connectivity index (χ2n) is 3.54. The van der Waals surface area contributed by atoms with E-state index in [9.17, 15) is 5.11 Å². The molecule has 72 valence electrons. The van der Waals surface area contributed by atoms with Gasteiger partial charge in [-0.15, -0.1) is 0 Å². The number of aromatic nitrogens is 2. The quantitative estimate of drug-likeness (QED) is 0.679. The first kappa shape index (κ1) is 8.72. The fourth-order valence-electron chi connectivity index (χ4n) is 1.70. The number of rotatable bonds is 2. The van der Waals surface area contributed by atoms with Crippen molar-refractivity contribution in [3.05, 3.63) is 18.0 Å². The lowest BCUT2D eigenvalue weighted by atomic mass is 9.96. The average molecular weight is 181 g/mol. The highest BCUT2D eigenvalue weighted by Crippen LogP contribution is 2.26. The van der Waals surface area contributed by atoms with Crippen LogP contribution in [0.15, 0.2) is 12.4 Å². The summed E-state index contributed by atoms with van der Waals surface area (Å²) in [6.07, 6.45) is 4.46. The van der Waals surface area contributed by atoms with Crippen LogP contribution in [0.4, 0.5) is 0 Å². The highest BCUT2D eigenvalue weighted by Gasteiger charge is 2.33. The zero-order valence-corrected chi connectivity index (χ0v) is 7.82. The van der Waals surface area contributed by atoms with Gasteiger partial charge in [-0.2, -0.15) is 5.10 Å². The topological polar surface area (TPSA) is 50.1 Å². The molecule has 1 unspecified atom stereocenters. The maximum absolute atomic E-state index is 10.2. The van der Waals surface area contributed by atoms with Gasteiger partial charge in [0.1, 0.15) is 5.60 Å². The first-order chi connectivity index (χ1) is 6.24. The van der Waals surface area contributed by atoms with Crippen molar-refractivity contribution in [2.45, 2.75) is 25.5 Å². The molecule has 2 N–H and O–H groups in total. The monoisotopic (exact) mass is 181 g/mol. The summed E-state index contributed by atoms with van der Waals surface area (Å²) in [6, 6.07) is 0. The van der Waals surface area contributed by atoms with Gasteiger partial charge in [0.25, 0.3) is 0 Å². The van der Waals surface area contributed by atoms with E-state index in [0.717, 1.165) is 25.1 Å². The number of aryl methyl sites for hydroxylation is 1. The van der Waals surface area contributed by atoms with E-state index in [0.29, 0.717) is 6.54 Å². The van der Waals surface area contributed by atoms with Crippen LogP contribution >= 0.6 is 0 Å². The van der Waals surface area contributed by atoms with Crippen LogP contribution in [-0.2, 0) is 12.1 Å². The summed E-state index contributed by atoms with van der Waals surface area (Å²) < 4.78 is 1.84. The minimum Gasteiger partial charge on any atom is -0.384 e. The molecule has 0 spiro atoms. The summed E-state index contributed by atoms with van der Waals surface area (Å²) in [5.74, 6) is 0. The molecule has 4 nitrogen and oxygen atoms in total. The Morgan fingerprint density at radius 1 is 1.77 bits per heavy atom. The summed E-state index contributed by atoms with van der Waals surface area (Å²) >= 11 is 0. The molecule has 0 aromatic carbocycles. The normalized spacial score (nSPS) is 28.2. The van der Waals surface area contributed by atoms with Gasteiger partial charge in [-0.25, -0.2) is 0 Å². The second kappa shape index (κ2) is 3.12. The molecule has 0 bridgehead atoms. The van der Waals surface area contributed by atoms with Crippen molar-refractivity contribution in [1.29, 1.82) is 0 Å². The molecule has 2 heterocycles. The summed E-state index contributed by atoms with van der Waals surface area (Å²) in [7, 11) is 0. The van der Waals surface area contributed by atoms with E-state index in [4.69, 9.17) is 0 Å². The lowest BCUT2D eigenvalue weighted by Crippen LogP contribution is -2.27. The van der Waals surface area contributed by atoms with Crippen LogP contribution < -0.4 is 5.32 Å². The van der Waals surface area contributed by atoms with E-state index in [1.54, 1.807) is 6.20 Å². The standard InChI is InChI=1S/C9H15N3O/c1-2-12-6-8(5-11-12)9(13)3-4-10-7-9/h5-6,10,13H,2-4,7H2,1H3. The molecular weight excluding hydrogens is 166 g/mol. The molecular formula is C9H15N3O. The van der Waals surface area contributed by atoms with Crippen LogP contribution in [0.3, 0.4) is 0 Å². The van der Waals surface area contributed by atoms with Crippen molar-refractivity contribution < 1.29 is 5.11 Å². The van der Waals surface area contributed by atoms with Crippen molar-refractivity contribution in [3.8, 4) is 0 Å². The van der Waals surface area contributed by atoms with Crippen LogP contribution in [0.5, 0.6) is 0 Å². The fourth-order valence-corrected chi connectivity index (χ4v) is 1.70. The van der Waals surface area contributed by atoms with Crippen LogP contribution in [0, 0.1) is 0 Å². The van der Waals surface area contributed by atoms with E-state index in [-0.39, 0.29) is 0 Å². The molecule has 1 atom stereocenters. The average Bonchev–Trinajstić information content (AvgIpc) is 2.72. The highest BCUT2D eigenvalue weighted by atomic mass is 16.3. The predicted octanol–water partition coefficient (Wildman–Crippen LogP) is 0.0839. The van der Waals surface area contributed by atoms with Gasteiger partial charge in [0, 0.05) is 24.8 Å². The second-order valence-corrected chi connectivity index (χ2v) is 3.54. The smallest absolute Gasteiger partial charge is 0.106 e. The number of β-amino-alcohol motifs (C(OH)–C–C–N with tert-alkyl or cyclic N) is 1. The molecule has 4 heteroatoms. The Hall–Kier alpha value is -0.870. The third-order valence-corrected chi connectivity index (χ3v) is 2.63. The first-order valence-electron chi connectivity index (χ1n) is 4.70. The molecule has 1 aliphatic heterocycles.